The maximum atomic E-state index is 11.5. The number of hydrogen-bond acceptors (Lipinski definition) is 3. The summed E-state index contributed by atoms with van der Waals surface area (Å²) < 4.78 is 16.7. The van der Waals surface area contributed by atoms with Crippen LogP contribution in [0.5, 0.6) is 0 Å². The van der Waals surface area contributed by atoms with Crippen LogP contribution in [0.15, 0.2) is 0 Å². The van der Waals surface area contributed by atoms with Gasteiger partial charge in [0.2, 0.25) is 7.37 Å². The Labute approximate surface area is 67.6 Å². The number of rotatable bonds is 5. The van der Waals surface area contributed by atoms with Crippen LogP contribution in [-0.2, 0) is 13.9 Å². The van der Waals surface area contributed by atoms with Crippen LogP contribution in [0.3, 0.4) is 0 Å². The highest BCUT2D eigenvalue weighted by atomic mass is 31.2. The molecule has 0 fully saturated rings. The Morgan fingerprint density at radius 1 is 1.55 bits per heavy atom. The molecule has 66 valence electrons. The lowest BCUT2D eigenvalue weighted by atomic mass is 10.5. The van der Waals surface area contributed by atoms with Gasteiger partial charge in [0, 0.05) is 6.16 Å². The maximum absolute atomic E-state index is 11.5. The Kier molecular flexibility index (Phi) is 4.62. The van der Waals surface area contributed by atoms with Gasteiger partial charge < -0.3 is 9.32 Å². The molecule has 0 rings (SSSR count). The molecule has 0 saturated carbocycles. The molecule has 4 heteroatoms. The Balaban J connectivity index is 4.10. The minimum Gasteiger partial charge on any atom is -0.325 e. The van der Waals surface area contributed by atoms with E-state index in [0.29, 0.717) is 12.4 Å². The van der Waals surface area contributed by atoms with E-state index in [1.54, 1.807) is 6.92 Å². The molecular formula is C7H15O3P. The largest absolute Gasteiger partial charge is 0.325 e. The molecule has 1 atom stereocenters. The SMILES string of the molecule is CCP(=O)(CC=O)OC(C)C. The monoisotopic (exact) mass is 178 g/mol. The van der Waals surface area contributed by atoms with Crippen LogP contribution in [0, 0.1) is 0 Å². The van der Waals surface area contributed by atoms with Gasteiger partial charge in [-0.25, -0.2) is 0 Å². The van der Waals surface area contributed by atoms with E-state index in [0.717, 1.165) is 0 Å². The van der Waals surface area contributed by atoms with Gasteiger partial charge in [-0.1, -0.05) is 6.92 Å². The summed E-state index contributed by atoms with van der Waals surface area (Å²) in [6.07, 6.45) is 1.07. The molecule has 1 unspecified atom stereocenters. The van der Waals surface area contributed by atoms with E-state index in [-0.39, 0.29) is 12.3 Å². The van der Waals surface area contributed by atoms with Gasteiger partial charge in [-0.2, -0.15) is 0 Å². The quantitative estimate of drug-likeness (QED) is 0.477. The number of carbonyl (C=O) groups excluding carboxylic acids is 1. The molecule has 0 heterocycles. The van der Waals surface area contributed by atoms with E-state index < -0.39 is 7.37 Å². The second kappa shape index (κ2) is 4.68. The van der Waals surface area contributed by atoms with Crippen molar-refractivity contribution in [1.29, 1.82) is 0 Å². The predicted octanol–water partition coefficient (Wildman–Crippen LogP) is 1.91. The van der Waals surface area contributed by atoms with Crippen molar-refractivity contribution < 1.29 is 13.9 Å². The van der Waals surface area contributed by atoms with E-state index in [1.807, 2.05) is 13.8 Å². The maximum Gasteiger partial charge on any atom is 0.210 e. The summed E-state index contributed by atoms with van der Waals surface area (Å²) in [6, 6.07) is 0. The topological polar surface area (TPSA) is 43.4 Å². The fourth-order valence-corrected chi connectivity index (χ4v) is 2.23. The number of hydrogen-bond donors (Lipinski definition) is 0. The zero-order chi connectivity index (χ0) is 8.91. The standard InChI is InChI=1S/C7H15O3P/c1-4-11(9,6-5-8)10-7(2)3/h5,7H,4,6H2,1-3H3. The summed E-state index contributed by atoms with van der Waals surface area (Å²) in [5.74, 6) is 0. The van der Waals surface area contributed by atoms with Crippen molar-refractivity contribution in [2.75, 3.05) is 12.3 Å². The Hall–Kier alpha value is -0.140. The Bertz CT molecular complexity index is 165. The Morgan fingerprint density at radius 3 is 2.36 bits per heavy atom. The van der Waals surface area contributed by atoms with Crippen molar-refractivity contribution in [3.05, 3.63) is 0 Å². The van der Waals surface area contributed by atoms with Gasteiger partial charge in [0.05, 0.1) is 12.3 Å². The molecule has 0 aromatic heterocycles. The summed E-state index contributed by atoms with van der Waals surface area (Å²) in [5.41, 5.74) is 0. The number of carbonyl (C=O) groups is 1. The van der Waals surface area contributed by atoms with Gasteiger partial charge in [0.25, 0.3) is 0 Å². The molecule has 0 radical (unpaired) electrons. The zero-order valence-electron chi connectivity index (χ0n) is 7.24. The first kappa shape index (κ1) is 10.9. The molecule has 3 nitrogen and oxygen atoms in total. The molecule has 11 heavy (non-hydrogen) atoms. The van der Waals surface area contributed by atoms with Crippen LogP contribution < -0.4 is 0 Å². The minimum absolute atomic E-state index is 0.0433. The summed E-state index contributed by atoms with van der Waals surface area (Å²) >= 11 is 0. The van der Waals surface area contributed by atoms with Crippen LogP contribution in [0.1, 0.15) is 20.8 Å². The molecule has 0 aliphatic rings. The van der Waals surface area contributed by atoms with Crippen LogP contribution in [0.25, 0.3) is 0 Å². The first-order valence-corrected chi connectivity index (χ1v) is 5.73. The lowest BCUT2D eigenvalue weighted by Crippen LogP contribution is -2.05. The van der Waals surface area contributed by atoms with Crippen LogP contribution in [0.4, 0.5) is 0 Å². The number of aldehydes is 1. The van der Waals surface area contributed by atoms with Crippen LogP contribution >= 0.6 is 7.37 Å². The fraction of sp³-hybridized carbons (Fsp3) is 0.857. The molecule has 0 saturated heterocycles. The van der Waals surface area contributed by atoms with Gasteiger partial charge in [-0.15, -0.1) is 0 Å². The summed E-state index contributed by atoms with van der Waals surface area (Å²) in [5, 5.41) is 0. The third kappa shape index (κ3) is 4.33. The van der Waals surface area contributed by atoms with Crippen molar-refractivity contribution in [2.45, 2.75) is 26.9 Å². The summed E-state index contributed by atoms with van der Waals surface area (Å²) in [4.78, 5) is 10.1. The highest BCUT2D eigenvalue weighted by Gasteiger charge is 2.20. The zero-order valence-corrected chi connectivity index (χ0v) is 8.14. The molecule has 0 aromatic rings. The Morgan fingerprint density at radius 2 is 2.09 bits per heavy atom. The van der Waals surface area contributed by atoms with Crippen molar-refractivity contribution >= 4 is 13.7 Å². The van der Waals surface area contributed by atoms with Crippen molar-refractivity contribution in [2.24, 2.45) is 0 Å². The van der Waals surface area contributed by atoms with Gasteiger partial charge in [-0.3, -0.25) is 4.57 Å². The third-order valence-electron chi connectivity index (χ3n) is 1.24. The molecule has 0 amide bonds. The van der Waals surface area contributed by atoms with Crippen LogP contribution in [0.2, 0.25) is 0 Å². The predicted molar refractivity (Wildman–Crippen MR) is 45.3 cm³/mol. The second-order valence-electron chi connectivity index (χ2n) is 2.63. The second-order valence-corrected chi connectivity index (χ2v) is 5.47. The van der Waals surface area contributed by atoms with Gasteiger partial charge >= 0.3 is 0 Å². The van der Waals surface area contributed by atoms with E-state index in [9.17, 15) is 9.36 Å². The van der Waals surface area contributed by atoms with Gasteiger partial charge in [0.15, 0.2) is 0 Å². The normalized spacial score (nSPS) is 16.4. The van der Waals surface area contributed by atoms with E-state index in [2.05, 4.69) is 0 Å². The molecule has 0 aliphatic heterocycles. The fourth-order valence-electron chi connectivity index (χ4n) is 0.744. The van der Waals surface area contributed by atoms with Crippen molar-refractivity contribution in [1.82, 2.24) is 0 Å². The highest BCUT2D eigenvalue weighted by molar-refractivity contribution is 7.59. The molecular weight excluding hydrogens is 163 g/mol. The average Bonchev–Trinajstić information content (AvgIpc) is 1.87. The van der Waals surface area contributed by atoms with Gasteiger partial charge in [-0.05, 0) is 13.8 Å². The molecule has 0 spiro atoms. The molecule has 0 aromatic carbocycles. The highest BCUT2D eigenvalue weighted by Crippen LogP contribution is 2.46. The summed E-state index contributed by atoms with van der Waals surface area (Å²) in [7, 11) is -2.62. The lowest BCUT2D eigenvalue weighted by Gasteiger charge is -2.16. The van der Waals surface area contributed by atoms with Crippen molar-refractivity contribution in [3.63, 3.8) is 0 Å². The smallest absolute Gasteiger partial charge is 0.210 e. The van der Waals surface area contributed by atoms with Gasteiger partial charge in [0.1, 0.15) is 6.29 Å². The average molecular weight is 178 g/mol. The molecule has 0 aliphatic carbocycles. The molecule has 0 bridgehead atoms. The third-order valence-corrected chi connectivity index (χ3v) is 3.71. The molecule has 0 N–H and O–H groups in total. The van der Waals surface area contributed by atoms with E-state index >= 15 is 0 Å². The first-order chi connectivity index (χ1) is 5.04. The van der Waals surface area contributed by atoms with Crippen molar-refractivity contribution in [3.8, 4) is 0 Å². The van der Waals surface area contributed by atoms with E-state index in [1.165, 1.54) is 0 Å². The van der Waals surface area contributed by atoms with E-state index in [4.69, 9.17) is 4.52 Å². The lowest BCUT2D eigenvalue weighted by molar-refractivity contribution is -0.105. The minimum atomic E-state index is -2.62. The van der Waals surface area contributed by atoms with Crippen LogP contribution in [-0.4, -0.2) is 24.7 Å². The first-order valence-electron chi connectivity index (χ1n) is 3.74. The summed E-state index contributed by atoms with van der Waals surface area (Å²) in [6.45, 7) is 5.40.